The SMILES string of the molecule is COc1cc(C(=O)OCc2cc(=O)oc3c(C)c(C)ccc23)ccc1OCc1c(C)noc1C. The smallest absolute Gasteiger partial charge is 0.338 e. The van der Waals surface area contributed by atoms with Crippen molar-refractivity contribution in [3.05, 3.63) is 86.1 Å². The van der Waals surface area contributed by atoms with E-state index in [0.717, 1.165) is 27.8 Å². The molecule has 2 heterocycles. The van der Waals surface area contributed by atoms with Crippen LogP contribution in [0.15, 0.2) is 50.1 Å². The number of methoxy groups -OCH3 is 1. The van der Waals surface area contributed by atoms with Crippen molar-refractivity contribution in [1.82, 2.24) is 5.16 Å². The maximum Gasteiger partial charge on any atom is 0.338 e. The molecule has 0 N–H and O–H groups in total. The average molecular weight is 463 g/mol. The minimum Gasteiger partial charge on any atom is -0.493 e. The lowest BCUT2D eigenvalue weighted by molar-refractivity contribution is 0.0473. The van der Waals surface area contributed by atoms with Crippen LogP contribution >= 0.6 is 0 Å². The minimum absolute atomic E-state index is 0.0734. The van der Waals surface area contributed by atoms with Gasteiger partial charge in [0, 0.05) is 17.0 Å². The Morgan fingerprint density at radius 3 is 2.50 bits per heavy atom. The van der Waals surface area contributed by atoms with E-state index in [1.54, 1.807) is 18.2 Å². The molecule has 0 unspecified atom stereocenters. The van der Waals surface area contributed by atoms with Gasteiger partial charge in [-0.15, -0.1) is 0 Å². The van der Waals surface area contributed by atoms with Gasteiger partial charge in [-0.25, -0.2) is 9.59 Å². The highest BCUT2D eigenvalue weighted by molar-refractivity contribution is 5.90. The fourth-order valence-electron chi connectivity index (χ4n) is 3.64. The summed E-state index contributed by atoms with van der Waals surface area (Å²) in [6.07, 6.45) is 0. The monoisotopic (exact) mass is 463 g/mol. The van der Waals surface area contributed by atoms with Crippen LogP contribution in [0.3, 0.4) is 0 Å². The van der Waals surface area contributed by atoms with Gasteiger partial charge >= 0.3 is 11.6 Å². The number of carbonyl (C=O) groups excluding carboxylic acids is 1. The average Bonchev–Trinajstić information content (AvgIpc) is 3.15. The fourth-order valence-corrected chi connectivity index (χ4v) is 3.64. The fraction of sp³-hybridized carbons (Fsp3) is 0.269. The number of hydrogen-bond acceptors (Lipinski definition) is 8. The molecule has 0 aliphatic heterocycles. The van der Waals surface area contributed by atoms with Crippen molar-refractivity contribution in [3.63, 3.8) is 0 Å². The number of esters is 1. The zero-order valence-corrected chi connectivity index (χ0v) is 19.7. The molecular formula is C26H25NO7. The summed E-state index contributed by atoms with van der Waals surface area (Å²) in [5, 5.41) is 4.65. The summed E-state index contributed by atoms with van der Waals surface area (Å²) >= 11 is 0. The molecule has 0 amide bonds. The Labute approximate surface area is 196 Å². The van der Waals surface area contributed by atoms with Gasteiger partial charge in [-0.1, -0.05) is 17.3 Å². The Hall–Kier alpha value is -4.07. The number of ether oxygens (including phenoxy) is 3. The third-order valence-electron chi connectivity index (χ3n) is 5.83. The number of aryl methyl sites for hydroxylation is 4. The van der Waals surface area contributed by atoms with E-state index in [4.69, 9.17) is 23.2 Å². The van der Waals surface area contributed by atoms with E-state index < -0.39 is 11.6 Å². The second-order valence-corrected chi connectivity index (χ2v) is 8.01. The quantitative estimate of drug-likeness (QED) is 0.280. The molecule has 0 aliphatic carbocycles. The van der Waals surface area contributed by atoms with Crippen LogP contribution in [-0.2, 0) is 18.0 Å². The highest BCUT2D eigenvalue weighted by atomic mass is 16.5. The number of rotatable bonds is 7. The topological polar surface area (TPSA) is 101 Å². The number of aromatic nitrogens is 1. The number of fused-ring (bicyclic) bond motifs is 1. The number of carbonyl (C=O) groups is 1. The van der Waals surface area contributed by atoms with E-state index >= 15 is 0 Å². The van der Waals surface area contributed by atoms with Crippen LogP contribution in [-0.4, -0.2) is 18.2 Å². The first-order chi connectivity index (χ1) is 16.3. The summed E-state index contributed by atoms with van der Waals surface area (Å²) in [6, 6.07) is 9.93. The summed E-state index contributed by atoms with van der Waals surface area (Å²) in [7, 11) is 1.49. The van der Waals surface area contributed by atoms with E-state index in [0.29, 0.717) is 34.0 Å². The first-order valence-corrected chi connectivity index (χ1v) is 10.7. The van der Waals surface area contributed by atoms with Gasteiger partial charge in [-0.05, 0) is 57.0 Å². The van der Waals surface area contributed by atoms with Crippen molar-refractivity contribution in [2.24, 2.45) is 0 Å². The molecule has 0 saturated heterocycles. The van der Waals surface area contributed by atoms with Crippen molar-refractivity contribution < 1.29 is 27.9 Å². The predicted molar refractivity (Wildman–Crippen MR) is 124 cm³/mol. The first-order valence-electron chi connectivity index (χ1n) is 10.7. The van der Waals surface area contributed by atoms with Gasteiger partial charge < -0.3 is 23.2 Å². The Morgan fingerprint density at radius 1 is 1.00 bits per heavy atom. The van der Waals surface area contributed by atoms with Gasteiger partial charge in [0.15, 0.2) is 11.5 Å². The number of benzene rings is 2. The number of hydrogen-bond donors (Lipinski definition) is 0. The van der Waals surface area contributed by atoms with Crippen LogP contribution in [0.25, 0.3) is 11.0 Å². The molecule has 0 bridgehead atoms. The van der Waals surface area contributed by atoms with Crippen molar-refractivity contribution >= 4 is 16.9 Å². The van der Waals surface area contributed by atoms with E-state index in [-0.39, 0.29) is 13.2 Å². The lowest BCUT2D eigenvalue weighted by Crippen LogP contribution is -2.09. The predicted octanol–water partition coefficient (Wildman–Crippen LogP) is 4.96. The molecular weight excluding hydrogens is 438 g/mol. The molecule has 4 rings (SSSR count). The summed E-state index contributed by atoms with van der Waals surface area (Å²) in [5.74, 6) is 0.986. The Bertz CT molecular complexity index is 1410. The standard InChI is InChI=1S/C26H25NO7/c1-14-6-8-20-19(11-24(28)33-25(20)15(14)2)12-32-26(29)18-7-9-22(23(10-18)30-5)31-13-21-16(3)27-34-17(21)4/h6-11H,12-13H2,1-5H3. The van der Waals surface area contributed by atoms with Crippen molar-refractivity contribution in [1.29, 1.82) is 0 Å². The van der Waals surface area contributed by atoms with E-state index in [2.05, 4.69) is 5.16 Å². The Morgan fingerprint density at radius 2 is 1.79 bits per heavy atom. The summed E-state index contributed by atoms with van der Waals surface area (Å²) in [6.45, 7) is 7.67. The van der Waals surface area contributed by atoms with Gasteiger partial charge in [0.2, 0.25) is 0 Å². The highest BCUT2D eigenvalue weighted by Gasteiger charge is 2.16. The van der Waals surface area contributed by atoms with Crippen LogP contribution in [0.2, 0.25) is 0 Å². The largest absolute Gasteiger partial charge is 0.493 e. The molecule has 2 aromatic carbocycles. The van der Waals surface area contributed by atoms with Gasteiger partial charge in [-0.2, -0.15) is 0 Å². The van der Waals surface area contributed by atoms with Gasteiger partial charge in [-0.3, -0.25) is 0 Å². The third kappa shape index (κ3) is 4.52. The molecule has 8 nitrogen and oxygen atoms in total. The van der Waals surface area contributed by atoms with Crippen molar-refractivity contribution in [2.75, 3.05) is 7.11 Å². The van der Waals surface area contributed by atoms with Gasteiger partial charge in [0.25, 0.3) is 0 Å². The van der Waals surface area contributed by atoms with E-state index in [1.807, 2.05) is 39.8 Å². The molecule has 0 aliphatic rings. The van der Waals surface area contributed by atoms with Gasteiger partial charge in [0.1, 0.15) is 24.6 Å². The Balaban J connectivity index is 1.51. The molecule has 176 valence electrons. The molecule has 8 heteroatoms. The zero-order valence-electron chi connectivity index (χ0n) is 19.7. The molecule has 0 radical (unpaired) electrons. The molecule has 0 fully saturated rings. The second-order valence-electron chi connectivity index (χ2n) is 8.01. The minimum atomic E-state index is -0.555. The summed E-state index contributed by atoms with van der Waals surface area (Å²) in [4.78, 5) is 24.8. The normalized spacial score (nSPS) is 11.0. The maximum absolute atomic E-state index is 12.7. The van der Waals surface area contributed by atoms with Crippen molar-refractivity contribution in [2.45, 2.75) is 40.9 Å². The maximum atomic E-state index is 12.7. The van der Waals surface area contributed by atoms with Crippen molar-refractivity contribution in [3.8, 4) is 11.5 Å². The zero-order chi connectivity index (χ0) is 24.4. The van der Waals surface area contributed by atoms with Crippen LogP contribution in [0, 0.1) is 27.7 Å². The molecule has 0 spiro atoms. The van der Waals surface area contributed by atoms with E-state index in [1.165, 1.54) is 13.2 Å². The first kappa shape index (κ1) is 23.1. The second kappa shape index (κ2) is 9.43. The lowest BCUT2D eigenvalue weighted by atomic mass is 10.0. The molecule has 34 heavy (non-hydrogen) atoms. The molecule has 0 atom stereocenters. The number of nitrogens with zero attached hydrogens (tertiary/aromatic N) is 1. The van der Waals surface area contributed by atoms with Crippen LogP contribution in [0.4, 0.5) is 0 Å². The highest BCUT2D eigenvalue weighted by Crippen LogP contribution is 2.30. The Kier molecular flexibility index (Phi) is 6.40. The lowest BCUT2D eigenvalue weighted by Gasteiger charge is -2.13. The molecule has 4 aromatic rings. The molecule has 2 aromatic heterocycles. The molecule has 0 saturated carbocycles. The van der Waals surface area contributed by atoms with Gasteiger partial charge in [0.05, 0.1) is 23.9 Å². The summed E-state index contributed by atoms with van der Waals surface area (Å²) < 4.78 is 27.3. The summed E-state index contributed by atoms with van der Waals surface area (Å²) in [5.41, 5.74) is 4.37. The third-order valence-corrected chi connectivity index (χ3v) is 5.83. The van der Waals surface area contributed by atoms with Crippen LogP contribution < -0.4 is 15.1 Å². The van der Waals surface area contributed by atoms with Crippen LogP contribution in [0.1, 0.15) is 44.1 Å². The van der Waals surface area contributed by atoms with Crippen LogP contribution in [0.5, 0.6) is 11.5 Å². The van der Waals surface area contributed by atoms with E-state index in [9.17, 15) is 9.59 Å².